The van der Waals surface area contributed by atoms with Crippen LogP contribution in [0.4, 0.5) is 4.39 Å². The third-order valence-electron chi connectivity index (χ3n) is 5.15. The highest BCUT2D eigenvalue weighted by atomic mass is 19.1. The van der Waals surface area contributed by atoms with E-state index < -0.39 is 5.97 Å². The average Bonchev–Trinajstić information content (AvgIpc) is 3.43. The molecular formula is C25H19FN4O3. The van der Waals surface area contributed by atoms with Gasteiger partial charge in [0.1, 0.15) is 23.9 Å². The van der Waals surface area contributed by atoms with E-state index in [1.54, 1.807) is 36.0 Å². The van der Waals surface area contributed by atoms with Crippen molar-refractivity contribution in [3.8, 4) is 11.3 Å². The van der Waals surface area contributed by atoms with Crippen LogP contribution in [0, 0.1) is 12.7 Å². The second-order valence-electron chi connectivity index (χ2n) is 7.60. The Bertz CT molecular complexity index is 1440. The van der Waals surface area contributed by atoms with Gasteiger partial charge in [0.2, 0.25) is 0 Å². The maximum Gasteiger partial charge on any atom is 0.339 e. The largest absolute Gasteiger partial charge is 0.455 e. The third kappa shape index (κ3) is 4.36. The lowest BCUT2D eigenvalue weighted by Gasteiger charge is -2.09. The van der Waals surface area contributed by atoms with E-state index in [1.807, 2.05) is 36.4 Å². The smallest absolute Gasteiger partial charge is 0.339 e. The van der Waals surface area contributed by atoms with Crippen molar-refractivity contribution in [1.29, 1.82) is 0 Å². The predicted molar refractivity (Wildman–Crippen MR) is 119 cm³/mol. The average molecular weight is 442 g/mol. The lowest BCUT2D eigenvalue weighted by atomic mass is 10.1. The van der Waals surface area contributed by atoms with Crippen molar-refractivity contribution < 1.29 is 18.4 Å². The van der Waals surface area contributed by atoms with E-state index in [2.05, 4.69) is 10.3 Å². The summed E-state index contributed by atoms with van der Waals surface area (Å²) in [5, 5.41) is 8.82. The van der Waals surface area contributed by atoms with Crippen molar-refractivity contribution in [3.63, 3.8) is 0 Å². The molecular weight excluding hydrogens is 423 g/mol. The minimum absolute atomic E-state index is 0.0158. The van der Waals surface area contributed by atoms with Gasteiger partial charge < -0.3 is 9.26 Å². The minimum Gasteiger partial charge on any atom is -0.455 e. The van der Waals surface area contributed by atoms with Crippen LogP contribution < -0.4 is 0 Å². The number of hydrogen-bond acceptors (Lipinski definition) is 6. The Morgan fingerprint density at radius 1 is 1.09 bits per heavy atom. The van der Waals surface area contributed by atoms with Crippen LogP contribution in [0.25, 0.3) is 22.3 Å². The van der Waals surface area contributed by atoms with Gasteiger partial charge >= 0.3 is 5.97 Å². The number of aromatic nitrogens is 4. The molecule has 0 bridgehead atoms. The molecule has 0 fully saturated rings. The van der Waals surface area contributed by atoms with Gasteiger partial charge in [-0.1, -0.05) is 47.6 Å². The van der Waals surface area contributed by atoms with Gasteiger partial charge in [-0.3, -0.25) is 0 Å². The number of fused-ring (bicyclic) bond motifs is 1. The molecule has 0 amide bonds. The molecule has 3 heterocycles. The third-order valence-corrected chi connectivity index (χ3v) is 5.15. The van der Waals surface area contributed by atoms with Gasteiger partial charge in [0.05, 0.1) is 29.4 Å². The lowest BCUT2D eigenvalue weighted by molar-refractivity contribution is 0.0466. The summed E-state index contributed by atoms with van der Waals surface area (Å²) in [6.45, 7) is 2.06. The molecule has 0 aliphatic heterocycles. The summed E-state index contributed by atoms with van der Waals surface area (Å²) < 4.78 is 25.8. The van der Waals surface area contributed by atoms with Crippen LogP contribution in [-0.4, -0.2) is 25.9 Å². The van der Waals surface area contributed by atoms with E-state index in [0.717, 1.165) is 11.1 Å². The summed E-state index contributed by atoms with van der Waals surface area (Å²) in [7, 11) is 0. The maximum atomic E-state index is 13.7. The molecule has 0 spiro atoms. The summed E-state index contributed by atoms with van der Waals surface area (Å²) in [4.78, 5) is 17.8. The van der Waals surface area contributed by atoms with Crippen LogP contribution in [0.3, 0.4) is 0 Å². The first-order valence-electron chi connectivity index (χ1n) is 10.3. The van der Waals surface area contributed by atoms with E-state index >= 15 is 0 Å². The highest BCUT2D eigenvalue weighted by Gasteiger charge is 2.19. The molecule has 164 valence electrons. The fourth-order valence-corrected chi connectivity index (χ4v) is 3.60. The number of pyridine rings is 1. The molecule has 0 aliphatic carbocycles. The summed E-state index contributed by atoms with van der Waals surface area (Å²) >= 11 is 0. The fraction of sp³-hybridized carbons (Fsp3) is 0.120. The SMILES string of the molecule is Cc1cc(COC(=O)c2cc(-c3ccccc3)nc3c2cnn3Cc2cccc(F)c2)no1. The predicted octanol–water partition coefficient (Wildman–Crippen LogP) is 4.94. The molecule has 0 saturated heterocycles. The molecule has 3 aromatic heterocycles. The standard InChI is InChI=1S/C25H19FN4O3/c1-16-10-20(29-33-16)15-32-25(31)21-12-23(18-7-3-2-4-8-18)28-24-22(21)13-27-30(24)14-17-6-5-9-19(26)11-17/h2-13H,14-15H2,1H3. The second-order valence-corrected chi connectivity index (χ2v) is 7.60. The fourth-order valence-electron chi connectivity index (χ4n) is 3.60. The molecule has 33 heavy (non-hydrogen) atoms. The molecule has 0 atom stereocenters. The summed E-state index contributed by atoms with van der Waals surface area (Å²) in [6.07, 6.45) is 1.58. The molecule has 7 nitrogen and oxygen atoms in total. The number of benzene rings is 2. The number of carbonyl (C=O) groups excluding carboxylic acids is 1. The topological polar surface area (TPSA) is 83.0 Å². The maximum absolute atomic E-state index is 13.7. The first-order valence-corrected chi connectivity index (χ1v) is 10.3. The molecule has 0 unspecified atom stereocenters. The molecule has 0 aliphatic rings. The van der Waals surface area contributed by atoms with Crippen LogP contribution in [-0.2, 0) is 17.9 Å². The molecule has 8 heteroatoms. The Balaban J connectivity index is 1.55. The minimum atomic E-state index is -0.523. The van der Waals surface area contributed by atoms with Crippen molar-refractivity contribution in [2.24, 2.45) is 0 Å². The Kier molecular flexibility index (Phi) is 5.40. The Morgan fingerprint density at radius 3 is 2.70 bits per heavy atom. The first kappa shape index (κ1) is 20.6. The number of ether oxygens (including phenoxy) is 1. The molecule has 0 N–H and O–H groups in total. The van der Waals surface area contributed by atoms with Crippen LogP contribution in [0.2, 0.25) is 0 Å². The van der Waals surface area contributed by atoms with Gasteiger partial charge in [0, 0.05) is 11.6 Å². The van der Waals surface area contributed by atoms with Gasteiger partial charge in [-0.05, 0) is 30.7 Å². The Hall–Kier alpha value is -4.33. The van der Waals surface area contributed by atoms with Crippen LogP contribution in [0.1, 0.15) is 27.4 Å². The second kappa shape index (κ2) is 8.66. The highest BCUT2D eigenvalue weighted by Crippen LogP contribution is 2.26. The van der Waals surface area contributed by atoms with Crippen LogP contribution >= 0.6 is 0 Å². The van der Waals surface area contributed by atoms with E-state index in [9.17, 15) is 9.18 Å². The zero-order valence-electron chi connectivity index (χ0n) is 17.7. The molecule has 2 aromatic carbocycles. The van der Waals surface area contributed by atoms with E-state index in [1.165, 1.54) is 12.1 Å². The molecule has 5 aromatic rings. The summed E-state index contributed by atoms with van der Waals surface area (Å²) in [5.74, 6) is -0.211. The summed E-state index contributed by atoms with van der Waals surface area (Å²) in [5.41, 5.74) is 3.55. The quantitative estimate of drug-likeness (QED) is 0.347. The Morgan fingerprint density at radius 2 is 1.94 bits per heavy atom. The number of esters is 1. The van der Waals surface area contributed by atoms with Gasteiger partial charge in [0.25, 0.3) is 0 Å². The van der Waals surface area contributed by atoms with Gasteiger partial charge in [0.15, 0.2) is 5.65 Å². The first-order chi connectivity index (χ1) is 16.1. The van der Waals surface area contributed by atoms with Crippen LogP contribution in [0.5, 0.6) is 0 Å². The van der Waals surface area contributed by atoms with Crippen molar-refractivity contribution in [3.05, 3.63) is 101 Å². The number of aryl methyl sites for hydroxylation is 1. The zero-order valence-corrected chi connectivity index (χ0v) is 17.7. The Labute approximate surface area is 188 Å². The van der Waals surface area contributed by atoms with Gasteiger partial charge in [-0.2, -0.15) is 5.10 Å². The van der Waals surface area contributed by atoms with E-state index in [0.29, 0.717) is 40.3 Å². The summed E-state index contributed by atoms with van der Waals surface area (Å²) in [6, 6.07) is 19.2. The number of halogens is 1. The van der Waals surface area contributed by atoms with Crippen molar-refractivity contribution in [2.75, 3.05) is 0 Å². The lowest BCUT2D eigenvalue weighted by Crippen LogP contribution is -2.08. The van der Waals surface area contributed by atoms with Crippen molar-refractivity contribution >= 4 is 17.0 Å². The molecule has 5 rings (SSSR count). The molecule has 0 saturated carbocycles. The zero-order chi connectivity index (χ0) is 22.8. The van der Waals surface area contributed by atoms with E-state index in [4.69, 9.17) is 14.2 Å². The van der Waals surface area contributed by atoms with E-state index in [-0.39, 0.29) is 12.4 Å². The molecule has 0 radical (unpaired) electrons. The van der Waals surface area contributed by atoms with Crippen LogP contribution in [0.15, 0.2) is 77.4 Å². The number of rotatable bonds is 6. The number of carbonyl (C=O) groups is 1. The highest BCUT2D eigenvalue weighted by molar-refractivity contribution is 6.03. The van der Waals surface area contributed by atoms with Gasteiger partial charge in [-0.15, -0.1) is 0 Å². The number of nitrogens with zero attached hydrogens (tertiary/aromatic N) is 4. The van der Waals surface area contributed by atoms with Crippen molar-refractivity contribution in [1.82, 2.24) is 19.9 Å². The number of hydrogen-bond donors (Lipinski definition) is 0. The van der Waals surface area contributed by atoms with Gasteiger partial charge in [-0.25, -0.2) is 18.9 Å². The normalized spacial score (nSPS) is 11.1. The monoisotopic (exact) mass is 442 g/mol. The van der Waals surface area contributed by atoms with Crippen molar-refractivity contribution in [2.45, 2.75) is 20.1 Å².